The van der Waals surface area contributed by atoms with E-state index in [1.165, 1.54) is 38.7 Å². The van der Waals surface area contributed by atoms with Gasteiger partial charge in [0.2, 0.25) is 0 Å². The van der Waals surface area contributed by atoms with E-state index in [2.05, 4.69) is 39.1 Å². The first-order valence-electron chi connectivity index (χ1n) is 22.9. The van der Waals surface area contributed by atoms with Gasteiger partial charge in [-0.1, -0.05) is 39.3 Å². The van der Waals surface area contributed by atoms with Crippen LogP contribution in [0.1, 0.15) is 99.3 Å². The summed E-state index contributed by atoms with van der Waals surface area (Å²) < 4.78 is 42.9. The molecule has 5 heterocycles. The van der Waals surface area contributed by atoms with E-state index in [9.17, 15) is 40.9 Å². The molecule has 0 aromatic heterocycles. The molecule has 16 heteroatoms. The number of nitrogens with one attached hydrogen (secondary N) is 1. The van der Waals surface area contributed by atoms with Gasteiger partial charge >= 0.3 is 0 Å². The lowest BCUT2D eigenvalue weighted by Crippen LogP contribution is -2.66. The van der Waals surface area contributed by atoms with Crippen molar-refractivity contribution in [1.29, 1.82) is 0 Å². The third kappa shape index (κ3) is 7.10. The molecule has 3 saturated carbocycles. The molecule has 4 aliphatic carbocycles. The van der Waals surface area contributed by atoms with Crippen molar-refractivity contribution in [2.75, 3.05) is 6.54 Å². The topological polar surface area (TPSA) is 238 Å². The number of rotatable bonds is 6. The lowest BCUT2D eigenvalue weighted by Gasteiger charge is -2.59. The van der Waals surface area contributed by atoms with Crippen LogP contribution in [0.2, 0.25) is 0 Å². The Morgan fingerprint density at radius 3 is 1.95 bits per heavy atom. The minimum Gasteiger partial charge on any atom is -0.388 e. The molecule has 0 amide bonds. The van der Waals surface area contributed by atoms with E-state index in [0.717, 1.165) is 32.2 Å². The van der Waals surface area contributed by atoms with Crippen LogP contribution in [0.3, 0.4) is 0 Å². The summed E-state index contributed by atoms with van der Waals surface area (Å²) in [5.74, 6) is 3.41. The number of hydrogen-bond donors (Lipinski definition) is 9. The number of allylic oxidation sites excluding steroid dienone is 1. The summed E-state index contributed by atoms with van der Waals surface area (Å²) in [5, 5.41) is 89.9. The van der Waals surface area contributed by atoms with Crippen LogP contribution >= 0.6 is 0 Å². The van der Waals surface area contributed by atoms with Gasteiger partial charge in [0, 0.05) is 12.5 Å². The molecule has 9 N–H and O–H groups in total. The molecule has 3 unspecified atom stereocenters. The monoisotopic (exact) mass is 853 g/mol. The molecule has 16 nitrogen and oxygen atoms in total. The highest BCUT2D eigenvalue weighted by molar-refractivity contribution is 5.26. The van der Waals surface area contributed by atoms with E-state index in [-0.39, 0.29) is 22.7 Å². The number of ether oxygens (including phenoxy) is 7. The standard InChI is InChI=1S/C44H71NO15/c1-18-9-14-44(45-17-18)19(2)28-27(60-44)16-26-24-8-7-22-15-23(10-12-42(22,5)25(24)11-13-43(26,28)6)56-41-37(58-40-34(51)32(49)30(47)21(4)55-40)35(52)36(38(53)59-41)57-39-33(50)31(48)29(46)20(3)54-39/h7,18-21,23-41,45-53H,8-17H2,1-6H3/t18-,19+,20-,21+,23+,24?,25?,26?,27+,28+,29-,30+,31+,32-,33+,34-,35+,36+,37-,38+,39-,40+,41-,42+,43+,44-/m1/s1. The average molecular weight is 854 g/mol. The zero-order valence-electron chi connectivity index (χ0n) is 35.9. The van der Waals surface area contributed by atoms with Crippen LogP contribution < -0.4 is 5.32 Å². The average Bonchev–Trinajstić information content (AvgIpc) is 3.66. The van der Waals surface area contributed by atoms with E-state index in [4.69, 9.17) is 33.2 Å². The second-order valence-electron chi connectivity index (χ2n) is 20.9. The Labute approximate surface area is 352 Å². The van der Waals surface area contributed by atoms with Crippen molar-refractivity contribution in [3.63, 3.8) is 0 Å². The van der Waals surface area contributed by atoms with Crippen LogP contribution in [0, 0.1) is 46.3 Å². The van der Waals surface area contributed by atoms with Gasteiger partial charge in [-0.2, -0.15) is 0 Å². The van der Waals surface area contributed by atoms with E-state index in [1.54, 1.807) is 0 Å². The largest absolute Gasteiger partial charge is 0.388 e. The summed E-state index contributed by atoms with van der Waals surface area (Å²) in [7, 11) is 0. The molecule has 5 aliphatic heterocycles. The summed E-state index contributed by atoms with van der Waals surface area (Å²) >= 11 is 0. The Balaban J connectivity index is 0.905. The second kappa shape index (κ2) is 16.2. The summed E-state index contributed by atoms with van der Waals surface area (Å²) in [4.78, 5) is 0. The molecule has 0 aromatic rings. The quantitative estimate of drug-likeness (QED) is 0.168. The van der Waals surface area contributed by atoms with Crippen LogP contribution in [-0.2, 0) is 33.2 Å². The number of piperidine rings is 1. The maximum atomic E-state index is 11.8. The van der Waals surface area contributed by atoms with Gasteiger partial charge in [-0.05, 0) is 112 Å². The van der Waals surface area contributed by atoms with Gasteiger partial charge in [-0.25, -0.2) is 0 Å². The Morgan fingerprint density at radius 1 is 0.667 bits per heavy atom. The summed E-state index contributed by atoms with van der Waals surface area (Å²) in [6.07, 6.45) is -11.3. The molecule has 9 rings (SSSR count). The fourth-order valence-electron chi connectivity index (χ4n) is 13.9. The van der Waals surface area contributed by atoms with Crippen LogP contribution in [0.15, 0.2) is 11.6 Å². The van der Waals surface area contributed by atoms with Crippen molar-refractivity contribution in [2.45, 2.75) is 210 Å². The molecule has 1 spiro atoms. The lowest BCUT2D eigenvalue weighted by atomic mass is 9.47. The van der Waals surface area contributed by atoms with Crippen LogP contribution in [0.25, 0.3) is 0 Å². The molecule has 26 atom stereocenters. The van der Waals surface area contributed by atoms with Crippen molar-refractivity contribution in [1.82, 2.24) is 5.32 Å². The SMILES string of the molecule is C[C@@H]1CC[C@@]2(NC1)O[C@H]1CC3C4CC=C5C[C@@H](O[C@@H]6O[C@H](O)[C@@H](O[C@H]7O[C@H](C)[C@@H](O)[C@H](O)[C@@H]7O)[C@H](O)[C@H]6O[C@@H]6O[C@@H](C)[C@H](O)[C@@H](O)[C@H]6O)CC[C@]5(C)C4CC[C@]3(C)[C@H]1[C@@H]2C. The van der Waals surface area contributed by atoms with Crippen molar-refractivity contribution in [3.8, 4) is 0 Å². The molecule has 0 radical (unpaired) electrons. The highest BCUT2D eigenvalue weighted by atomic mass is 16.8. The maximum absolute atomic E-state index is 11.8. The Hall–Kier alpha value is -0.900. The first-order valence-corrected chi connectivity index (χ1v) is 22.9. The zero-order chi connectivity index (χ0) is 42.8. The Kier molecular flexibility index (Phi) is 12.0. The first-order chi connectivity index (χ1) is 28.4. The predicted molar refractivity (Wildman–Crippen MR) is 210 cm³/mol. The van der Waals surface area contributed by atoms with Gasteiger partial charge in [0.25, 0.3) is 0 Å². The molecule has 0 bridgehead atoms. The Bertz CT molecular complexity index is 1580. The van der Waals surface area contributed by atoms with Gasteiger partial charge in [-0.15, -0.1) is 0 Å². The molecule has 9 aliphatic rings. The van der Waals surface area contributed by atoms with Crippen molar-refractivity contribution in [3.05, 3.63) is 11.6 Å². The molecular weight excluding hydrogens is 782 g/mol. The van der Waals surface area contributed by atoms with E-state index < -0.39 is 92.3 Å². The normalized spacial score (nSPS) is 59.2. The van der Waals surface area contributed by atoms with Gasteiger partial charge < -0.3 is 74.0 Å². The number of hydrogen-bond acceptors (Lipinski definition) is 16. The van der Waals surface area contributed by atoms with E-state index >= 15 is 0 Å². The van der Waals surface area contributed by atoms with E-state index in [1.807, 2.05) is 0 Å². The fraction of sp³-hybridized carbons (Fsp3) is 0.955. The van der Waals surface area contributed by atoms with Crippen LogP contribution in [0.5, 0.6) is 0 Å². The minimum absolute atomic E-state index is 0.0128. The van der Waals surface area contributed by atoms with Crippen LogP contribution in [0.4, 0.5) is 0 Å². The molecule has 342 valence electrons. The predicted octanol–water partition coefficient (Wildman–Crippen LogP) is 0.772. The third-order valence-corrected chi connectivity index (χ3v) is 17.6. The smallest absolute Gasteiger partial charge is 0.189 e. The molecule has 60 heavy (non-hydrogen) atoms. The summed E-state index contributed by atoms with van der Waals surface area (Å²) in [6.45, 7) is 13.7. The van der Waals surface area contributed by atoms with Gasteiger partial charge in [0.15, 0.2) is 25.2 Å². The summed E-state index contributed by atoms with van der Waals surface area (Å²) in [6, 6.07) is 0. The molecule has 8 fully saturated rings. The van der Waals surface area contributed by atoms with Gasteiger partial charge in [0.1, 0.15) is 60.7 Å². The third-order valence-electron chi connectivity index (χ3n) is 17.6. The Morgan fingerprint density at radius 2 is 1.32 bits per heavy atom. The maximum Gasteiger partial charge on any atom is 0.189 e. The van der Waals surface area contributed by atoms with Gasteiger partial charge in [-0.3, -0.25) is 5.32 Å². The summed E-state index contributed by atoms with van der Waals surface area (Å²) in [5.41, 5.74) is 1.38. The second-order valence-corrected chi connectivity index (χ2v) is 20.9. The lowest BCUT2D eigenvalue weighted by molar-refractivity contribution is -0.408. The van der Waals surface area contributed by atoms with Crippen LogP contribution in [-0.4, -0.2) is 158 Å². The fourth-order valence-corrected chi connectivity index (χ4v) is 13.9. The first kappa shape index (κ1) is 44.3. The highest BCUT2D eigenvalue weighted by Crippen LogP contribution is 2.70. The van der Waals surface area contributed by atoms with Crippen molar-refractivity contribution < 1.29 is 74.0 Å². The van der Waals surface area contributed by atoms with Crippen molar-refractivity contribution in [2.24, 2.45) is 46.3 Å². The van der Waals surface area contributed by atoms with Gasteiger partial charge in [0.05, 0.1) is 24.4 Å². The number of aliphatic hydroxyl groups is 8. The molecular formula is C44H71NO15. The zero-order valence-corrected chi connectivity index (χ0v) is 35.9. The minimum atomic E-state index is -1.83. The molecule has 0 aromatic carbocycles. The number of aliphatic hydroxyl groups excluding tert-OH is 8. The van der Waals surface area contributed by atoms with Crippen molar-refractivity contribution >= 4 is 0 Å². The number of fused-ring (bicyclic) bond motifs is 7. The van der Waals surface area contributed by atoms with E-state index in [0.29, 0.717) is 54.5 Å². The highest BCUT2D eigenvalue weighted by Gasteiger charge is 2.68. The molecule has 5 saturated heterocycles.